The van der Waals surface area contributed by atoms with Crippen LogP contribution >= 0.6 is 0 Å². The van der Waals surface area contributed by atoms with Crippen molar-refractivity contribution in [3.05, 3.63) is 59.9 Å². The summed E-state index contributed by atoms with van der Waals surface area (Å²) in [6, 6.07) is 14.1. The molecule has 0 aliphatic rings. The Kier molecular flexibility index (Phi) is 4.66. The molecule has 19 heavy (non-hydrogen) atoms. The quantitative estimate of drug-likeness (QED) is 0.803. The van der Waals surface area contributed by atoms with Gasteiger partial charge in [0.2, 0.25) is 0 Å². The van der Waals surface area contributed by atoms with Gasteiger partial charge in [-0.1, -0.05) is 24.3 Å². The van der Waals surface area contributed by atoms with Gasteiger partial charge in [0.1, 0.15) is 0 Å². The zero-order valence-electron chi connectivity index (χ0n) is 11.2. The van der Waals surface area contributed by atoms with E-state index >= 15 is 0 Å². The highest BCUT2D eigenvalue weighted by Gasteiger charge is 1.99. The van der Waals surface area contributed by atoms with Crippen molar-refractivity contribution < 1.29 is 0 Å². The summed E-state index contributed by atoms with van der Waals surface area (Å²) in [7, 11) is 3.73. The Labute approximate surface area is 113 Å². The van der Waals surface area contributed by atoms with E-state index in [4.69, 9.17) is 0 Å². The van der Waals surface area contributed by atoms with Gasteiger partial charge in [-0.3, -0.25) is 4.98 Å². The zero-order chi connectivity index (χ0) is 13.5. The molecule has 0 fully saturated rings. The molecule has 4 heteroatoms. The Hall–Kier alpha value is -2.17. The smallest absolute Gasteiger partial charge is 0.0702 e. The number of rotatable bonds is 5. The van der Waals surface area contributed by atoms with E-state index in [0.29, 0.717) is 0 Å². The molecule has 0 radical (unpaired) electrons. The molecule has 0 aliphatic heterocycles. The molecular formula is C15H18N4. The average Bonchev–Trinajstić information content (AvgIpc) is 2.49. The van der Waals surface area contributed by atoms with Gasteiger partial charge in [-0.05, 0) is 35.9 Å². The molecule has 0 amide bonds. The number of hydrogen-bond acceptors (Lipinski definition) is 4. The predicted octanol–water partition coefficient (Wildman–Crippen LogP) is 2.33. The van der Waals surface area contributed by atoms with Crippen molar-refractivity contribution in [2.75, 3.05) is 19.2 Å². The van der Waals surface area contributed by atoms with Gasteiger partial charge in [-0.2, -0.15) is 0 Å². The van der Waals surface area contributed by atoms with E-state index in [-0.39, 0.29) is 0 Å². The predicted molar refractivity (Wildman–Crippen MR) is 80.2 cm³/mol. The van der Waals surface area contributed by atoms with Gasteiger partial charge in [0.25, 0.3) is 0 Å². The molecule has 0 unspecified atom stereocenters. The first-order valence-corrected chi connectivity index (χ1v) is 6.17. The molecule has 98 valence electrons. The summed E-state index contributed by atoms with van der Waals surface area (Å²) in [5.74, 6) is 0. The van der Waals surface area contributed by atoms with Gasteiger partial charge in [0, 0.05) is 20.3 Å². The molecular weight excluding hydrogens is 236 g/mol. The molecule has 1 heterocycles. The van der Waals surface area contributed by atoms with Crippen LogP contribution in [0.2, 0.25) is 0 Å². The second-order valence-corrected chi connectivity index (χ2v) is 3.96. The van der Waals surface area contributed by atoms with Crippen molar-refractivity contribution in [1.29, 1.82) is 0 Å². The molecule has 2 rings (SSSR count). The summed E-state index contributed by atoms with van der Waals surface area (Å²) in [6.07, 6.45) is 5.85. The highest BCUT2D eigenvalue weighted by atomic mass is 15.7. The van der Waals surface area contributed by atoms with Crippen LogP contribution in [-0.4, -0.2) is 19.1 Å². The second-order valence-electron chi connectivity index (χ2n) is 3.96. The Balaban J connectivity index is 2.09. The Morgan fingerprint density at radius 2 is 1.68 bits per heavy atom. The first-order chi connectivity index (χ1) is 9.33. The summed E-state index contributed by atoms with van der Waals surface area (Å²) < 4.78 is 0. The number of aromatic nitrogens is 1. The molecule has 0 saturated heterocycles. The number of nitrogens with one attached hydrogen (secondary N) is 2. The summed E-state index contributed by atoms with van der Waals surface area (Å²) in [5.41, 5.74) is 9.23. The van der Waals surface area contributed by atoms with E-state index in [1.165, 1.54) is 0 Å². The van der Waals surface area contributed by atoms with Crippen molar-refractivity contribution in [2.24, 2.45) is 0 Å². The fourth-order valence-corrected chi connectivity index (χ4v) is 1.76. The fourth-order valence-electron chi connectivity index (χ4n) is 1.76. The minimum Gasteiger partial charge on any atom is -0.257 e. The number of benzene rings is 1. The van der Waals surface area contributed by atoms with Crippen LogP contribution in [0.25, 0.3) is 12.2 Å². The highest BCUT2D eigenvalue weighted by Crippen LogP contribution is 2.13. The van der Waals surface area contributed by atoms with E-state index in [1.807, 2.05) is 55.6 Å². The molecule has 0 atom stereocenters. The minimum atomic E-state index is 0.957. The van der Waals surface area contributed by atoms with Crippen molar-refractivity contribution >= 4 is 17.8 Å². The number of anilines is 1. The molecule has 2 N–H and O–H groups in total. The Morgan fingerprint density at radius 3 is 2.26 bits per heavy atom. The van der Waals surface area contributed by atoms with Crippen LogP contribution in [0.5, 0.6) is 0 Å². The fraction of sp³-hybridized carbons (Fsp3) is 0.133. The van der Waals surface area contributed by atoms with Gasteiger partial charge in [0.05, 0.1) is 11.4 Å². The van der Waals surface area contributed by atoms with Crippen LogP contribution in [0, 0.1) is 0 Å². The summed E-state index contributed by atoms with van der Waals surface area (Å²) in [6.45, 7) is 0. The van der Waals surface area contributed by atoms with E-state index in [9.17, 15) is 0 Å². The molecule has 2 aromatic rings. The second kappa shape index (κ2) is 6.68. The normalized spacial score (nSPS) is 10.8. The van der Waals surface area contributed by atoms with Gasteiger partial charge in [-0.15, -0.1) is 0 Å². The maximum absolute atomic E-state index is 4.25. The van der Waals surface area contributed by atoms with Gasteiger partial charge >= 0.3 is 0 Å². The van der Waals surface area contributed by atoms with E-state index in [2.05, 4.69) is 34.0 Å². The Bertz CT molecular complexity index is 516. The van der Waals surface area contributed by atoms with E-state index in [0.717, 1.165) is 16.9 Å². The zero-order valence-corrected chi connectivity index (χ0v) is 11.2. The first kappa shape index (κ1) is 13.3. The lowest BCUT2D eigenvalue weighted by atomic mass is 10.2. The minimum absolute atomic E-state index is 0.957. The monoisotopic (exact) mass is 254 g/mol. The highest BCUT2D eigenvalue weighted by molar-refractivity contribution is 5.68. The summed E-state index contributed by atoms with van der Waals surface area (Å²) in [4.78, 5) is 4.25. The molecule has 0 bridgehead atoms. The van der Waals surface area contributed by atoms with Crippen molar-refractivity contribution in [3.63, 3.8) is 0 Å². The average molecular weight is 254 g/mol. The lowest BCUT2D eigenvalue weighted by Crippen LogP contribution is -2.44. The summed E-state index contributed by atoms with van der Waals surface area (Å²) >= 11 is 0. The summed E-state index contributed by atoms with van der Waals surface area (Å²) in [5, 5.41) is 1.84. The Morgan fingerprint density at radius 1 is 0.947 bits per heavy atom. The number of pyridine rings is 1. The lowest BCUT2D eigenvalue weighted by molar-refractivity contribution is 0.624. The number of hydrazine groups is 2. The standard InChI is InChI=1S/C15H18N4/c1-16-19(17-2)15-10-7-13(8-11-15)6-9-14-5-3-4-12-18-14/h3-12,16-17H,1-2H3/b9-6+. The van der Waals surface area contributed by atoms with Crippen molar-refractivity contribution in [2.45, 2.75) is 0 Å². The molecule has 4 nitrogen and oxygen atoms in total. The number of hydrogen-bond donors (Lipinski definition) is 2. The first-order valence-electron chi connectivity index (χ1n) is 6.17. The largest absolute Gasteiger partial charge is 0.257 e. The van der Waals surface area contributed by atoms with Crippen LogP contribution in [0.4, 0.5) is 5.69 Å². The number of nitrogens with zero attached hydrogens (tertiary/aromatic N) is 2. The van der Waals surface area contributed by atoms with Gasteiger partial charge in [-0.25, -0.2) is 16.0 Å². The van der Waals surface area contributed by atoms with Gasteiger partial charge in [0.15, 0.2) is 0 Å². The SMILES string of the molecule is CNN(NC)c1ccc(/C=C/c2ccccn2)cc1. The third kappa shape index (κ3) is 3.64. The third-order valence-corrected chi connectivity index (χ3v) is 2.73. The topological polar surface area (TPSA) is 40.2 Å². The molecule has 1 aromatic carbocycles. The van der Waals surface area contributed by atoms with Crippen LogP contribution in [0.15, 0.2) is 48.7 Å². The lowest BCUT2D eigenvalue weighted by Gasteiger charge is -2.21. The van der Waals surface area contributed by atoms with E-state index in [1.54, 1.807) is 6.20 Å². The van der Waals surface area contributed by atoms with Crippen LogP contribution in [0.3, 0.4) is 0 Å². The van der Waals surface area contributed by atoms with Gasteiger partial charge < -0.3 is 0 Å². The van der Waals surface area contributed by atoms with Crippen LogP contribution < -0.4 is 16.0 Å². The van der Waals surface area contributed by atoms with Crippen LogP contribution in [-0.2, 0) is 0 Å². The van der Waals surface area contributed by atoms with E-state index < -0.39 is 0 Å². The molecule has 0 saturated carbocycles. The molecule has 1 aromatic heterocycles. The van der Waals surface area contributed by atoms with Crippen molar-refractivity contribution in [3.8, 4) is 0 Å². The van der Waals surface area contributed by atoms with Crippen LogP contribution in [0.1, 0.15) is 11.3 Å². The molecule has 0 spiro atoms. The van der Waals surface area contributed by atoms with Crippen molar-refractivity contribution in [1.82, 2.24) is 15.8 Å². The maximum atomic E-state index is 4.25. The molecule has 0 aliphatic carbocycles. The third-order valence-electron chi connectivity index (χ3n) is 2.73. The maximum Gasteiger partial charge on any atom is 0.0702 e.